The summed E-state index contributed by atoms with van der Waals surface area (Å²) in [6.07, 6.45) is 0.972. The zero-order valence-corrected chi connectivity index (χ0v) is 8.96. The van der Waals surface area contributed by atoms with Crippen LogP contribution in [0.1, 0.15) is 25.7 Å². The van der Waals surface area contributed by atoms with E-state index in [4.69, 9.17) is 5.11 Å². The summed E-state index contributed by atoms with van der Waals surface area (Å²) >= 11 is 0. The molecule has 0 spiro atoms. The van der Waals surface area contributed by atoms with Crippen molar-refractivity contribution in [3.05, 3.63) is 0 Å². The Labute approximate surface area is 87.8 Å². The van der Waals surface area contributed by atoms with Crippen LogP contribution in [-0.2, 0) is 19.4 Å². The number of unbranched alkanes of at least 4 members (excludes halogenated alkanes) is 2. The molecule has 88 valence electrons. The summed E-state index contributed by atoms with van der Waals surface area (Å²) in [4.78, 5) is 20.1. The third kappa shape index (κ3) is 9.20. The van der Waals surface area contributed by atoms with Crippen molar-refractivity contribution in [2.75, 3.05) is 11.5 Å². The monoisotopic (exact) mass is 237 g/mol. The summed E-state index contributed by atoms with van der Waals surface area (Å²) in [5.74, 6) is -3.62. The van der Waals surface area contributed by atoms with E-state index in [1.807, 2.05) is 0 Å². The minimum Gasteiger partial charge on any atom is -0.550 e. The van der Waals surface area contributed by atoms with Crippen LogP contribution in [0.3, 0.4) is 0 Å². The van der Waals surface area contributed by atoms with E-state index in [-0.39, 0.29) is 18.6 Å². The second kappa shape index (κ2) is 6.39. The predicted octanol–water partition coefficient (Wildman–Crippen LogP) is -1.20. The van der Waals surface area contributed by atoms with Crippen LogP contribution in [0.5, 0.6) is 0 Å². The summed E-state index contributed by atoms with van der Waals surface area (Å²) in [7, 11) is -3.54. The van der Waals surface area contributed by atoms with Crippen LogP contribution in [0.2, 0.25) is 0 Å². The van der Waals surface area contributed by atoms with Gasteiger partial charge >= 0.3 is 5.97 Å². The minimum atomic E-state index is -3.54. The second-order valence-corrected chi connectivity index (χ2v) is 5.35. The SMILES string of the molecule is O=C([O-])CCCCCS(=O)(=O)CC(=O)O. The Kier molecular flexibility index (Phi) is 5.92. The van der Waals surface area contributed by atoms with Crippen LogP contribution < -0.4 is 5.11 Å². The molecule has 0 aromatic carbocycles. The molecule has 15 heavy (non-hydrogen) atoms. The van der Waals surface area contributed by atoms with Crippen molar-refractivity contribution in [3.63, 3.8) is 0 Å². The lowest BCUT2D eigenvalue weighted by Crippen LogP contribution is -2.21. The van der Waals surface area contributed by atoms with Gasteiger partial charge < -0.3 is 15.0 Å². The molecular formula is C8H13O6S-. The number of carbonyl (C=O) groups is 2. The molecule has 0 aliphatic carbocycles. The first kappa shape index (κ1) is 13.9. The lowest BCUT2D eigenvalue weighted by atomic mass is 10.2. The number of hydrogen-bond donors (Lipinski definition) is 1. The predicted molar refractivity (Wildman–Crippen MR) is 49.8 cm³/mol. The highest BCUT2D eigenvalue weighted by Gasteiger charge is 2.14. The van der Waals surface area contributed by atoms with Crippen LogP contribution in [0.15, 0.2) is 0 Å². The molecule has 0 heterocycles. The summed E-state index contributed by atoms with van der Waals surface area (Å²) in [5, 5.41) is 18.3. The minimum absolute atomic E-state index is 0.0982. The molecule has 1 N–H and O–H groups in total. The third-order valence-corrected chi connectivity index (χ3v) is 3.28. The molecule has 0 saturated carbocycles. The second-order valence-electron chi connectivity index (χ2n) is 3.17. The Hall–Kier alpha value is -1.11. The summed E-state index contributed by atoms with van der Waals surface area (Å²) in [5.41, 5.74) is 0. The molecule has 0 aliphatic heterocycles. The lowest BCUT2D eigenvalue weighted by Gasteiger charge is -2.02. The van der Waals surface area contributed by atoms with Crippen LogP contribution in [0.25, 0.3) is 0 Å². The molecule has 0 atom stereocenters. The molecular weight excluding hydrogens is 224 g/mol. The number of aliphatic carboxylic acids is 2. The van der Waals surface area contributed by atoms with E-state index in [0.717, 1.165) is 0 Å². The van der Waals surface area contributed by atoms with E-state index < -0.39 is 27.5 Å². The van der Waals surface area contributed by atoms with Gasteiger partial charge in [-0.05, 0) is 19.3 Å². The van der Waals surface area contributed by atoms with E-state index in [1.165, 1.54) is 0 Å². The van der Waals surface area contributed by atoms with Crippen LogP contribution in [-0.4, -0.2) is 37.0 Å². The fourth-order valence-corrected chi connectivity index (χ4v) is 2.19. The normalized spacial score (nSPS) is 11.2. The van der Waals surface area contributed by atoms with Gasteiger partial charge in [-0.15, -0.1) is 0 Å². The third-order valence-electron chi connectivity index (χ3n) is 1.68. The van der Waals surface area contributed by atoms with Gasteiger partial charge in [-0.3, -0.25) is 4.79 Å². The Bertz CT molecular complexity index is 318. The van der Waals surface area contributed by atoms with Gasteiger partial charge in [0.1, 0.15) is 5.75 Å². The molecule has 0 aromatic heterocycles. The summed E-state index contributed by atoms with van der Waals surface area (Å²) < 4.78 is 22.1. The molecule has 6 nitrogen and oxygen atoms in total. The number of hydrogen-bond acceptors (Lipinski definition) is 5. The summed E-state index contributed by atoms with van der Waals surface area (Å²) in [6.45, 7) is 0. The Balaban J connectivity index is 3.67. The highest BCUT2D eigenvalue weighted by Crippen LogP contribution is 2.02. The fraction of sp³-hybridized carbons (Fsp3) is 0.750. The van der Waals surface area contributed by atoms with Gasteiger partial charge in [0, 0.05) is 5.97 Å². The first-order valence-corrected chi connectivity index (χ1v) is 6.28. The van der Waals surface area contributed by atoms with Crippen LogP contribution in [0, 0.1) is 0 Å². The first-order chi connectivity index (χ1) is 6.83. The maximum Gasteiger partial charge on any atom is 0.318 e. The van der Waals surface area contributed by atoms with Crippen molar-refractivity contribution in [3.8, 4) is 0 Å². The smallest absolute Gasteiger partial charge is 0.318 e. The Morgan fingerprint density at radius 3 is 2.20 bits per heavy atom. The number of rotatable bonds is 8. The molecule has 0 aliphatic rings. The van der Waals surface area contributed by atoms with Crippen molar-refractivity contribution in [2.24, 2.45) is 0 Å². The van der Waals surface area contributed by atoms with Crippen molar-refractivity contribution in [2.45, 2.75) is 25.7 Å². The molecule has 0 fully saturated rings. The highest BCUT2D eigenvalue weighted by atomic mass is 32.2. The molecule has 0 unspecified atom stereocenters. The van der Waals surface area contributed by atoms with Crippen molar-refractivity contribution in [1.82, 2.24) is 0 Å². The molecule has 0 aromatic rings. The number of carboxylic acids is 2. The lowest BCUT2D eigenvalue weighted by molar-refractivity contribution is -0.305. The molecule has 7 heteroatoms. The number of carboxylic acid groups (broad SMARTS) is 2. The maximum atomic E-state index is 11.0. The van der Waals surface area contributed by atoms with Gasteiger partial charge in [0.15, 0.2) is 9.84 Å². The quantitative estimate of drug-likeness (QED) is 0.530. The molecule has 0 amide bonds. The summed E-state index contributed by atoms with van der Waals surface area (Å²) in [6, 6.07) is 0. The van der Waals surface area contributed by atoms with Crippen LogP contribution in [0.4, 0.5) is 0 Å². The maximum absolute atomic E-state index is 11.0. The van der Waals surface area contributed by atoms with Gasteiger partial charge in [0.25, 0.3) is 0 Å². The molecule has 0 bridgehead atoms. The van der Waals surface area contributed by atoms with Crippen LogP contribution >= 0.6 is 0 Å². The van der Waals surface area contributed by atoms with Crippen molar-refractivity contribution in [1.29, 1.82) is 0 Å². The van der Waals surface area contributed by atoms with Crippen molar-refractivity contribution >= 4 is 21.8 Å². The topological polar surface area (TPSA) is 112 Å². The standard InChI is InChI=1S/C8H14O6S/c9-7(10)4-2-1-3-5-15(13,14)6-8(11)12/h1-6H2,(H,9,10)(H,11,12)/p-1. The Morgan fingerprint density at radius 1 is 1.13 bits per heavy atom. The molecule has 0 rings (SSSR count). The van der Waals surface area contributed by atoms with E-state index in [9.17, 15) is 23.1 Å². The zero-order valence-electron chi connectivity index (χ0n) is 8.14. The zero-order chi connectivity index (χ0) is 11.9. The first-order valence-electron chi connectivity index (χ1n) is 4.45. The van der Waals surface area contributed by atoms with Gasteiger partial charge in [-0.1, -0.05) is 6.42 Å². The molecule has 0 saturated heterocycles. The fourth-order valence-electron chi connectivity index (χ4n) is 1.03. The van der Waals surface area contributed by atoms with Crippen molar-refractivity contribution < 1.29 is 28.2 Å². The largest absolute Gasteiger partial charge is 0.550 e. The van der Waals surface area contributed by atoms with Gasteiger partial charge in [0.2, 0.25) is 0 Å². The van der Waals surface area contributed by atoms with E-state index in [1.54, 1.807) is 0 Å². The van der Waals surface area contributed by atoms with E-state index >= 15 is 0 Å². The van der Waals surface area contributed by atoms with Gasteiger partial charge in [-0.25, -0.2) is 8.42 Å². The van der Waals surface area contributed by atoms with E-state index in [0.29, 0.717) is 12.8 Å². The van der Waals surface area contributed by atoms with Gasteiger partial charge in [-0.2, -0.15) is 0 Å². The Morgan fingerprint density at radius 2 is 1.73 bits per heavy atom. The number of carbonyl (C=O) groups excluding carboxylic acids is 1. The van der Waals surface area contributed by atoms with E-state index in [2.05, 4.69) is 0 Å². The average molecular weight is 237 g/mol. The highest BCUT2D eigenvalue weighted by molar-refractivity contribution is 7.92. The average Bonchev–Trinajstić information content (AvgIpc) is 1.99. The van der Waals surface area contributed by atoms with Gasteiger partial charge in [0.05, 0.1) is 5.75 Å². The molecule has 0 radical (unpaired) electrons. The number of sulfone groups is 1.